The summed E-state index contributed by atoms with van der Waals surface area (Å²) >= 11 is 0. The Morgan fingerprint density at radius 1 is 0.714 bits per heavy atom. The number of rotatable bonds is 17. The summed E-state index contributed by atoms with van der Waals surface area (Å²) in [7, 11) is 0. The van der Waals surface area contributed by atoms with E-state index in [4.69, 9.17) is 4.74 Å². The van der Waals surface area contributed by atoms with Crippen molar-refractivity contribution in [2.75, 3.05) is 6.61 Å². The first-order valence-electron chi connectivity index (χ1n) is 11.3. The molecule has 28 heavy (non-hydrogen) atoms. The highest BCUT2D eigenvalue weighted by atomic mass is 19.2. The number of carbonyl (C=O) groups is 1. The van der Waals surface area contributed by atoms with Gasteiger partial charge in [0.2, 0.25) is 0 Å². The zero-order valence-corrected chi connectivity index (χ0v) is 17.6. The first kappa shape index (κ1) is 24.6. The predicted molar refractivity (Wildman–Crippen MR) is 112 cm³/mol. The van der Waals surface area contributed by atoms with Gasteiger partial charge < -0.3 is 4.74 Å². The fraction of sp³-hybridized carbons (Fsp3) is 0.708. The quantitative estimate of drug-likeness (QED) is 0.197. The van der Waals surface area contributed by atoms with Crippen molar-refractivity contribution < 1.29 is 18.3 Å². The summed E-state index contributed by atoms with van der Waals surface area (Å²) in [6, 6.07) is 3.07. The van der Waals surface area contributed by atoms with Crippen LogP contribution in [0.4, 0.5) is 8.78 Å². The number of carbonyl (C=O) groups excluding carboxylic acids is 1. The highest BCUT2D eigenvalue weighted by molar-refractivity contribution is 5.89. The fourth-order valence-corrected chi connectivity index (χ4v) is 3.34. The topological polar surface area (TPSA) is 26.3 Å². The van der Waals surface area contributed by atoms with Gasteiger partial charge in [-0.2, -0.15) is 0 Å². The zero-order valence-electron chi connectivity index (χ0n) is 17.6. The number of halogens is 2. The van der Waals surface area contributed by atoms with Crippen LogP contribution in [0.2, 0.25) is 0 Å². The summed E-state index contributed by atoms with van der Waals surface area (Å²) in [5.41, 5.74) is 0.0554. The number of benzene rings is 1. The summed E-state index contributed by atoms with van der Waals surface area (Å²) in [5.74, 6) is -2.58. The van der Waals surface area contributed by atoms with Gasteiger partial charge in [0.1, 0.15) is 0 Å². The molecular weight excluding hydrogens is 358 g/mol. The van der Waals surface area contributed by atoms with Crippen molar-refractivity contribution in [2.45, 2.75) is 103 Å². The Balaban J connectivity index is 1.85. The Kier molecular flexibility index (Phi) is 14.5. The molecule has 0 amide bonds. The molecule has 0 heterocycles. The van der Waals surface area contributed by atoms with Gasteiger partial charge in [0.25, 0.3) is 0 Å². The largest absolute Gasteiger partial charge is 0.462 e. The summed E-state index contributed by atoms with van der Waals surface area (Å²) in [5, 5.41) is 0. The van der Waals surface area contributed by atoms with Gasteiger partial charge in [-0.3, -0.25) is 0 Å². The molecule has 4 heteroatoms. The van der Waals surface area contributed by atoms with Crippen molar-refractivity contribution in [3.8, 4) is 0 Å². The Morgan fingerprint density at radius 3 is 1.64 bits per heavy atom. The lowest BCUT2D eigenvalue weighted by atomic mass is 10.0. The standard InChI is InChI=1S/C24H38F2O2/c1-2-3-4-5-6-7-8-9-10-11-12-13-14-15-16-19-28-24(27)21-17-18-22(25)23(26)20-21/h17-18,20H,2-16,19H2,1H3. The van der Waals surface area contributed by atoms with E-state index >= 15 is 0 Å². The average molecular weight is 397 g/mol. The van der Waals surface area contributed by atoms with E-state index in [1.165, 1.54) is 83.1 Å². The molecule has 0 atom stereocenters. The maximum absolute atomic E-state index is 13.1. The minimum absolute atomic E-state index is 0.0554. The number of esters is 1. The number of hydrogen-bond acceptors (Lipinski definition) is 2. The van der Waals surface area contributed by atoms with Gasteiger partial charge >= 0.3 is 5.97 Å². The third-order valence-corrected chi connectivity index (χ3v) is 5.14. The van der Waals surface area contributed by atoms with Gasteiger partial charge in [-0.15, -0.1) is 0 Å². The van der Waals surface area contributed by atoms with Crippen LogP contribution in [0.5, 0.6) is 0 Å². The van der Waals surface area contributed by atoms with Crippen molar-refractivity contribution in [1.29, 1.82) is 0 Å². The van der Waals surface area contributed by atoms with Gasteiger partial charge in [-0.1, -0.05) is 96.8 Å². The van der Waals surface area contributed by atoms with Crippen molar-refractivity contribution in [2.24, 2.45) is 0 Å². The van der Waals surface area contributed by atoms with Crippen LogP contribution in [0, 0.1) is 11.6 Å². The fourth-order valence-electron chi connectivity index (χ4n) is 3.34. The Labute approximate surface area is 170 Å². The molecule has 0 aliphatic carbocycles. The normalized spacial score (nSPS) is 11.0. The van der Waals surface area contributed by atoms with Crippen LogP contribution in [0.3, 0.4) is 0 Å². The Bertz CT molecular complexity index is 531. The molecule has 160 valence electrons. The minimum atomic E-state index is -1.03. The van der Waals surface area contributed by atoms with E-state index in [0.717, 1.165) is 31.4 Å². The number of hydrogen-bond donors (Lipinski definition) is 0. The van der Waals surface area contributed by atoms with Crippen LogP contribution < -0.4 is 0 Å². The molecule has 0 saturated heterocycles. The summed E-state index contributed by atoms with van der Waals surface area (Å²) in [4.78, 5) is 11.7. The molecule has 0 spiro atoms. The molecule has 0 aromatic heterocycles. The van der Waals surface area contributed by atoms with E-state index in [1.807, 2.05) is 0 Å². The molecule has 0 N–H and O–H groups in total. The average Bonchev–Trinajstić information content (AvgIpc) is 2.69. The predicted octanol–water partition coefficient (Wildman–Crippen LogP) is 7.99. The van der Waals surface area contributed by atoms with Crippen molar-refractivity contribution >= 4 is 5.97 Å². The van der Waals surface area contributed by atoms with Crippen molar-refractivity contribution in [3.63, 3.8) is 0 Å². The first-order chi connectivity index (χ1) is 13.6. The summed E-state index contributed by atoms with van der Waals surface area (Å²) < 4.78 is 31.0. The van der Waals surface area contributed by atoms with E-state index in [9.17, 15) is 13.6 Å². The monoisotopic (exact) mass is 396 g/mol. The number of unbranched alkanes of at least 4 members (excludes halogenated alkanes) is 14. The lowest BCUT2D eigenvalue weighted by Crippen LogP contribution is -2.07. The van der Waals surface area contributed by atoms with Crippen molar-refractivity contribution in [1.82, 2.24) is 0 Å². The maximum Gasteiger partial charge on any atom is 0.338 e. The molecule has 2 nitrogen and oxygen atoms in total. The lowest BCUT2D eigenvalue weighted by Gasteiger charge is -2.06. The van der Waals surface area contributed by atoms with Gasteiger partial charge in [-0.25, -0.2) is 13.6 Å². The third kappa shape index (κ3) is 12.1. The Hall–Kier alpha value is -1.45. The van der Waals surface area contributed by atoms with Crippen molar-refractivity contribution in [3.05, 3.63) is 35.4 Å². The van der Waals surface area contributed by atoms with Crippen LogP contribution in [0.15, 0.2) is 18.2 Å². The lowest BCUT2D eigenvalue weighted by molar-refractivity contribution is 0.0497. The minimum Gasteiger partial charge on any atom is -0.462 e. The second kappa shape index (κ2) is 16.5. The highest BCUT2D eigenvalue weighted by Crippen LogP contribution is 2.14. The van der Waals surface area contributed by atoms with E-state index in [-0.39, 0.29) is 5.56 Å². The van der Waals surface area contributed by atoms with Crippen LogP contribution in [-0.2, 0) is 4.74 Å². The van der Waals surface area contributed by atoms with Gasteiger partial charge in [0.05, 0.1) is 12.2 Å². The van der Waals surface area contributed by atoms with E-state index in [2.05, 4.69) is 6.92 Å². The summed E-state index contributed by atoms with van der Waals surface area (Å²) in [6.45, 7) is 2.59. The van der Waals surface area contributed by atoms with Gasteiger partial charge in [-0.05, 0) is 24.6 Å². The highest BCUT2D eigenvalue weighted by Gasteiger charge is 2.10. The molecular formula is C24H38F2O2. The van der Waals surface area contributed by atoms with Crippen LogP contribution in [-0.4, -0.2) is 12.6 Å². The molecule has 1 rings (SSSR count). The molecule has 1 aromatic rings. The molecule has 0 unspecified atom stereocenters. The molecule has 0 radical (unpaired) electrons. The maximum atomic E-state index is 13.1. The molecule has 0 aliphatic rings. The van der Waals surface area contributed by atoms with E-state index < -0.39 is 17.6 Å². The Morgan fingerprint density at radius 2 is 1.18 bits per heavy atom. The second-order valence-electron chi connectivity index (χ2n) is 7.71. The van der Waals surface area contributed by atoms with Gasteiger partial charge in [0.15, 0.2) is 11.6 Å². The van der Waals surface area contributed by atoms with E-state index in [1.54, 1.807) is 0 Å². The third-order valence-electron chi connectivity index (χ3n) is 5.14. The molecule has 0 bridgehead atoms. The molecule has 0 saturated carbocycles. The second-order valence-corrected chi connectivity index (χ2v) is 7.71. The zero-order chi connectivity index (χ0) is 20.5. The molecule has 0 aliphatic heterocycles. The van der Waals surface area contributed by atoms with Crippen LogP contribution in [0.1, 0.15) is 114 Å². The van der Waals surface area contributed by atoms with Crippen LogP contribution in [0.25, 0.3) is 0 Å². The molecule has 0 fully saturated rings. The first-order valence-corrected chi connectivity index (χ1v) is 11.3. The van der Waals surface area contributed by atoms with Gasteiger partial charge in [0, 0.05) is 0 Å². The molecule has 1 aromatic carbocycles. The SMILES string of the molecule is CCCCCCCCCCCCCCCCCOC(=O)c1ccc(F)c(F)c1. The smallest absolute Gasteiger partial charge is 0.338 e. The van der Waals surface area contributed by atoms with Crippen LogP contribution >= 0.6 is 0 Å². The van der Waals surface area contributed by atoms with E-state index in [0.29, 0.717) is 6.61 Å². The summed E-state index contributed by atoms with van der Waals surface area (Å²) in [6.07, 6.45) is 19.2. The number of ether oxygens (including phenoxy) is 1.